The van der Waals surface area contributed by atoms with Gasteiger partial charge in [0.15, 0.2) is 5.65 Å². The molecular formula is C33H32F3N5O. The zero-order valence-corrected chi connectivity index (χ0v) is 23.1. The zero-order valence-electron chi connectivity index (χ0n) is 23.1. The second kappa shape index (κ2) is 12.2. The first-order chi connectivity index (χ1) is 20.4. The van der Waals surface area contributed by atoms with Gasteiger partial charge in [-0.3, -0.25) is 0 Å². The van der Waals surface area contributed by atoms with E-state index in [1.807, 2.05) is 36.4 Å². The van der Waals surface area contributed by atoms with Gasteiger partial charge in [-0.15, -0.1) is 5.10 Å². The number of ether oxygens (including phenoxy) is 1. The molecule has 0 aliphatic carbocycles. The van der Waals surface area contributed by atoms with Crippen LogP contribution < -0.4 is 10.1 Å². The SMILES string of the molecule is FC(F)(F)c1cccc(COc2cccc(-c3cccc4nc(Nc5ccc(CCCN6CCCC6)cc5)nn34)c2)c1. The van der Waals surface area contributed by atoms with Gasteiger partial charge in [0.05, 0.1) is 11.3 Å². The van der Waals surface area contributed by atoms with Gasteiger partial charge >= 0.3 is 6.18 Å². The van der Waals surface area contributed by atoms with Crippen LogP contribution in [-0.4, -0.2) is 39.1 Å². The van der Waals surface area contributed by atoms with Gasteiger partial charge in [0.2, 0.25) is 5.95 Å². The number of aromatic nitrogens is 3. The molecular weight excluding hydrogens is 539 g/mol. The lowest BCUT2D eigenvalue weighted by Gasteiger charge is -2.14. The molecule has 0 radical (unpaired) electrons. The molecule has 0 saturated carbocycles. The molecule has 0 unspecified atom stereocenters. The van der Waals surface area contributed by atoms with E-state index in [0.29, 0.717) is 22.9 Å². The summed E-state index contributed by atoms with van der Waals surface area (Å²) in [4.78, 5) is 7.19. The van der Waals surface area contributed by atoms with Crippen LogP contribution in [0.15, 0.2) is 91.0 Å². The second-order valence-corrected chi connectivity index (χ2v) is 10.6. The van der Waals surface area contributed by atoms with Gasteiger partial charge in [-0.1, -0.05) is 42.5 Å². The highest BCUT2D eigenvalue weighted by molar-refractivity contribution is 5.66. The second-order valence-electron chi connectivity index (χ2n) is 10.6. The lowest BCUT2D eigenvalue weighted by Crippen LogP contribution is -2.20. The van der Waals surface area contributed by atoms with E-state index in [1.54, 1.807) is 16.6 Å². The number of pyridine rings is 1. The third-order valence-corrected chi connectivity index (χ3v) is 7.50. The third-order valence-electron chi connectivity index (χ3n) is 7.50. The topological polar surface area (TPSA) is 54.7 Å². The van der Waals surface area contributed by atoms with Crippen LogP contribution in [0, 0.1) is 0 Å². The van der Waals surface area contributed by atoms with Crippen molar-refractivity contribution in [1.82, 2.24) is 19.5 Å². The molecule has 0 spiro atoms. The molecule has 5 aromatic rings. The standard InChI is InChI=1S/C33H32F3N5O/c34-33(35,36)27-10-3-7-25(21-27)23-42-29-11-4-9-26(22-29)30-12-5-13-31-38-32(39-41(30)31)37-28-16-14-24(15-17-28)8-6-20-40-18-1-2-19-40/h3-5,7,9-17,21-22H,1-2,6,8,18-20,23H2,(H,37,39). The molecule has 1 saturated heterocycles. The number of benzene rings is 3. The van der Waals surface area contributed by atoms with E-state index in [4.69, 9.17) is 9.84 Å². The van der Waals surface area contributed by atoms with Crippen molar-refractivity contribution in [3.63, 3.8) is 0 Å². The fourth-order valence-electron chi connectivity index (χ4n) is 5.32. The minimum atomic E-state index is -4.39. The first kappa shape index (κ1) is 27.8. The highest BCUT2D eigenvalue weighted by Gasteiger charge is 2.30. The van der Waals surface area contributed by atoms with E-state index in [0.717, 1.165) is 35.5 Å². The fourth-order valence-corrected chi connectivity index (χ4v) is 5.32. The van der Waals surface area contributed by atoms with Gasteiger partial charge in [-0.2, -0.15) is 18.2 Å². The van der Waals surface area contributed by atoms with Crippen molar-refractivity contribution in [1.29, 1.82) is 0 Å². The zero-order chi connectivity index (χ0) is 28.9. The smallest absolute Gasteiger partial charge is 0.416 e. The lowest BCUT2D eigenvalue weighted by molar-refractivity contribution is -0.137. The molecule has 6 nitrogen and oxygen atoms in total. The Hall–Kier alpha value is -4.37. The molecule has 1 N–H and O–H groups in total. The highest BCUT2D eigenvalue weighted by Crippen LogP contribution is 2.30. The van der Waals surface area contributed by atoms with Crippen LogP contribution in [-0.2, 0) is 19.2 Å². The van der Waals surface area contributed by atoms with Gasteiger partial charge in [0.25, 0.3) is 0 Å². The average molecular weight is 572 g/mol. The molecule has 9 heteroatoms. The van der Waals surface area contributed by atoms with Crippen molar-refractivity contribution < 1.29 is 17.9 Å². The highest BCUT2D eigenvalue weighted by atomic mass is 19.4. The van der Waals surface area contributed by atoms with Gasteiger partial charge in [-0.05, 0) is 105 Å². The Bertz CT molecular complexity index is 1640. The molecule has 42 heavy (non-hydrogen) atoms. The number of anilines is 2. The lowest BCUT2D eigenvalue weighted by atomic mass is 10.1. The van der Waals surface area contributed by atoms with E-state index in [1.165, 1.54) is 50.5 Å². The predicted octanol–water partition coefficient (Wildman–Crippen LogP) is 7.77. The molecule has 216 valence electrons. The van der Waals surface area contributed by atoms with Crippen LogP contribution in [0.4, 0.5) is 24.8 Å². The summed E-state index contributed by atoms with van der Waals surface area (Å²) < 4.78 is 46.8. The van der Waals surface area contributed by atoms with Crippen molar-refractivity contribution in [2.45, 2.75) is 38.5 Å². The molecule has 1 aliphatic heterocycles. The summed E-state index contributed by atoms with van der Waals surface area (Å²) in [5.41, 5.74) is 4.33. The molecule has 0 atom stereocenters. The molecule has 0 bridgehead atoms. The Morgan fingerprint density at radius 3 is 2.43 bits per heavy atom. The number of likely N-dealkylation sites (tertiary alicyclic amines) is 1. The number of rotatable bonds is 10. The van der Waals surface area contributed by atoms with Gasteiger partial charge in [-0.25, -0.2) is 4.52 Å². The fraction of sp³-hybridized carbons (Fsp3) is 0.273. The summed E-state index contributed by atoms with van der Waals surface area (Å²) in [7, 11) is 0. The van der Waals surface area contributed by atoms with E-state index < -0.39 is 11.7 Å². The van der Waals surface area contributed by atoms with Crippen molar-refractivity contribution in [2.75, 3.05) is 25.0 Å². The molecule has 0 amide bonds. The Morgan fingerprint density at radius 2 is 1.62 bits per heavy atom. The number of hydrogen-bond acceptors (Lipinski definition) is 5. The van der Waals surface area contributed by atoms with E-state index >= 15 is 0 Å². The largest absolute Gasteiger partial charge is 0.489 e. The Morgan fingerprint density at radius 1 is 0.833 bits per heavy atom. The molecule has 2 aromatic heterocycles. The van der Waals surface area contributed by atoms with Crippen LogP contribution in [0.1, 0.15) is 36.0 Å². The number of hydrogen-bond donors (Lipinski definition) is 1. The monoisotopic (exact) mass is 571 g/mol. The molecule has 3 aromatic carbocycles. The van der Waals surface area contributed by atoms with E-state index in [9.17, 15) is 13.2 Å². The molecule has 6 rings (SSSR count). The molecule has 3 heterocycles. The van der Waals surface area contributed by atoms with Crippen LogP contribution in [0.25, 0.3) is 16.9 Å². The van der Waals surface area contributed by atoms with Crippen molar-refractivity contribution in [3.8, 4) is 17.0 Å². The number of nitrogens with zero attached hydrogens (tertiary/aromatic N) is 4. The van der Waals surface area contributed by atoms with Crippen molar-refractivity contribution in [3.05, 3.63) is 108 Å². The summed E-state index contributed by atoms with van der Waals surface area (Å²) in [6.07, 6.45) is 0.491. The molecule has 1 fully saturated rings. The minimum Gasteiger partial charge on any atom is -0.489 e. The van der Waals surface area contributed by atoms with Crippen molar-refractivity contribution in [2.24, 2.45) is 0 Å². The first-order valence-electron chi connectivity index (χ1n) is 14.2. The maximum absolute atomic E-state index is 13.1. The summed E-state index contributed by atoms with van der Waals surface area (Å²) in [6.45, 7) is 3.66. The first-order valence-corrected chi connectivity index (χ1v) is 14.2. The van der Waals surface area contributed by atoms with E-state index in [-0.39, 0.29) is 6.61 Å². The van der Waals surface area contributed by atoms with Gasteiger partial charge in [0.1, 0.15) is 12.4 Å². The number of halogens is 3. The summed E-state index contributed by atoms with van der Waals surface area (Å²) in [6, 6.07) is 26.7. The number of nitrogens with one attached hydrogen (secondary N) is 1. The van der Waals surface area contributed by atoms with Gasteiger partial charge < -0.3 is 15.0 Å². The summed E-state index contributed by atoms with van der Waals surface area (Å²) in [5, 5.41) is 8.01. The van der Waals surface area contributed by atoms with E-state index in [2.05, 4.69) is 39.5 Å². The molecule has 1 aliphatic rings. The number of alkyl halides is 3. The predicted molar refractivity (Wildman–Crippen MR) is 158 cm³/mol. The van der Waals surface area contributed by atoms with Crippen LogP contribution >= 0.6 is 0 Å². The van der Waals surface area contributed by atoms with Crippen molar-refractivity contribution >= 4 is 17.3 Å². The Balaban J connectivity index is 1.12. The normalized spacial score (nSPS) is 14.0. The van der Waals surface area contributed by atoms with Crippen LogP contribution in [0.3, 0.4) is 0 Å². The average Bonchev–Trinajstić information content (AvgIpc) is 3.66. The van der Waals surface area contributed by atoms with Crippen LogP contribution in [0.2, 0.25) is 0 Å². The number of fused-ring (bicyclic) bond motifs is 1. The van der Waals surface area contributed by atoms with Crippen LogP contribution in [0.5, 0.6) is 5.75 Å². The third kappa shape index (κ3) is 6.74. The number of aryl methyl sites for hydroxylation is 1. The maximum Gasteiger partial charge on any atom is 0.416 e. The van der Waals surface area contributed by atoms with Gasteiger partial charge in [0, 0.05) is 11.3 Å². The Kier molecular flexibility index (Phi) is 8.10. The Labute approximate surface area is 242 Å². The summed E-state index contributed by atoms with van der Waals surface area (Å²) in [5.74, 6) is 1.03. The quantitative estimate of drug-likeness (QED) is 0.186. The summed E-state index contributed by atoms with van der Waals surface area (Å²) >= 11 is 0. The maximum atomic E-state index is 13.1. The minimum absolute atomic E-state index is 0.0200.